The second-order valence-corrected chi connectivity index (χ2v) is 7.71. The quantitative estimate of drug-likeness (QED) is 0.377. The normalized spacial score (nSPS) is 11.0. The molecule has 0 bridgehead atoms. The fourth-order valence-electron chi connectivity index (χ4n) is 3.31. The van der Waals surface area contributed by atoms with E-state index in [-0.39, 0.29) is 18.7 Å². The van der Waals surface area contributed by atoms with Crippen molar-refractivity contribution < 1.29 is 24.5 Å². The molecular formula is C22H21Cl2NO5. The van der Waals surface area contributed by atoms with Crippen LogP contribution in [0.5, 0.6) is 5.75 Å². The number of carboxylic acid groups (broad SMARTS) is 2. The molecule has 0 aliphatic heterocycles. The number of carbonyl (C=O) groups is 2. The summed E-state index contributed by atoms with van der Waals surface area (Å²) >= 11 is 12.3. The Bertz CT molecular complexity index is 1060. The van der Waals surface area contributed by atoms with Crippen LogP contribution in [-0.2, 0) is 17.9 Å². The summed E-state index contributed by atoms with van der Waals surface area (Å²) in [5.74, 6) is -1.26. The minimum Gasteiger partial charge on any atom is -0.489 e. The number of aryl methyl sites for hydroxylation is 1. The van der Waals surface area contributed by atoms with Crippen molar-refractivity contribution in [3.8, 4) is 5.75 Å². The number of fused-ring (bicyclic) bond motifs is 1. The van der Waals surface area contributed by atoms with Gasteiger partial charge in [0, 0.05) is 39.5 Å². The molecule has 0 aliphatic rings. The number of hydrogen-bond acceptors (Lipinski definition) is 3. The van der Waals surface area contributed by atoms with Gasteiger partial charge in [-0.2, -0.15) is 0 Å². The summed E-state index contributed by atoms with van der Waals surface area (Å²) in [6.45, 7) is 0.695. The molecule has 2 aromatic carbocycles. The van der Waals surface area contributed by atoms with Gasteiger partial charge in [-0.1, -0.05) is 35.7 Å². The summed E-state index contributed by atoms with van der Waals surface area (Å²) in [5.41, 5.74) is 1.66. The minimum atomic E-state index is -1.01. The molecule has 6 nitrogen and oxygen atoms in total. The second kappa shape index (κ2) is 9.87. The SMILES string of the molecule is O=C(O)CCCCCn1c(C(=O)O)cc2cc(OCc3c(Cl)cccc3Cl)ccc21. The van der Waals surface area contributed by atoms with Crippen LogP contribution >= 0.6 is 23.2 Å². The zero-order valence-corrected chi connectivity index (χ0v) is 17.6. The van der Waals surface area contributed by atoms with E-state index in [0.717, 1.165) is 10.9 Å². The number of aliphatic carboxylic acids is 1. The van der Waals surface area contributed by atoms with Crippen LogP contribution in [0.25, 0.3) is 10.9 Å². The fraction of sp³-hybridized carbons (Fsp3) is 0.273. The molecule has 3 rings (SSSR count). The van der Waals surface area contributed by atoms with E-state index in [2.05, 4.69) is 0 Å². The van der Waals surface area contributed by atoms with Crippen LogP contribution in [0, 0.1) is 0 Å². The number of carboxylic acids is 2. The predicted molar refractivity (Wildman–Crippen MR) is 116 cm³/mol. The molecule has 0 spiro atoms. The number of aromatic nitrogens is 1. The van der Waals surface area contributed by atoms with Gasteiger partial charge < -0.3 is 19.5 Å². The molecule has 0 atom stereocenters. The first-order chi connectivity index (χ1) is 14.4. The van der Waals surface area contributed by atoms with Crippen LogP contribution < -0.4 is 4.74 Å². The van der Waals surface area contributed by atoms with E-state index < -0.39 is 11.9 Å². The average Bonchev–Trinajstić information content (AvgIpc) is 3.05. The van der Waals surface area contributed by atoms with Crippen molar-refractivity contribution >= 4 is 46.0 Å². The molecule has 0 saturated heterocycles. The van der Waals surface area contributed by atoms with Gasteiger partial charge in [-0.3, -0.25) is 4.79 Å². The fourth-order valence-corrected chi connectivity index (χ4v) is 3.81. The molecule has 0 unspecified atom stereocenters. The molecule has 1 heterocycles. The third-order valence-electron chi connectivity index (χ3n) is 4.81. The maximum atomic E-state index is 11.7. The van der Waals surface area contributed by atoms with E-state index in [4.69, 9.17) is 33.0 Å². The first-order valence-corrected chi connectivity index (χ1v) is 10.3. The largest absolute Gasteiger partial charge is 0.489 e. The standard InChI is InChI=1S/C22H21Cl2NO5/c23-17-5-4-6-18(24)16(17)13-30-15-8-9-19-14(11-15)12-20(22(28)29)25(19)10-3-1-2-7-21(26)27/h4-6,8-9,11-12H,1-3,7,10,13H2,(H,26,27)(H,28,29). The molecular weight excluding hydrogens is 429 g/mol. The smallest absolute Gasteiger partial charge is 0.352 e. The lowest BCUT2D eigenvalue weighted by Crippen LogP contribution is -2.08. The van der Waals surface area contributed by atoms with Crippen LogP contribution in [0.2, 0.25) is 10.0 Å². The highest BCUT2D eigenvalue weighted by molar-refractivity contribution is 6.35. The number of rotatable bonds is 10. The van der Waals surface area contributed by atoms with Crippen LogP contribution in [0.15, 0.2) is 42.5 Å². The van der Waals surface area contributed by atoms with Gasteiger partial charge in [0.05, 0.1) is 0 Å². The van der Waals surface area contributed by atoms with Gasteiger partial charge in [0.25, 0.3) is 0 Å². The Morgan fingerprint density at radius 3 is 2.37 bits per heavy atom. The van der Waals surface area contributed by atoms with E-state index in [1.54, 1.807) is 41.0 Å². The minimum absolute atomic E-state index is 0.119. The highest BCUT2D eigenvalue weighted by atomic mass is 35.5. The Labute approximate surface area is 183 Å². The van der Waals surface area contributed by atoms with Crippen LogP contribution in [0.4, 0.5) is 0 Å². The molecule has 8 heteroatoms. The first kappa shape index (κ1) is 22.0. The van der Waals surface area contributed by atoms with Crippen LogP contribution in [-0.4, -0.2) is 26.7 Å². The van der Waals surface area contributed by atoms with Gasteiger partial charge in [0.1, 0.15) is 18.1 Å². The number of ether oxygens (including phenoxy) is 1. The average molecular weight is 450 g/mol. The Kier molecular flexibility index (Phi) is 7.24. The van der Waals surface area contributed by atoms with Crippen LogP contribution in [0.1, 0.15) is 41.7 Å². The topological polar surface area (TPSA) is 88.8 Å². The van der Waals surface area contributed by atoms with E-state index in [0.29, 0.717) is 47.2 Å². The van der Waals surface area contributed by atoms with Crippen molar-refractivity contribution in [2.45, 2.75) is 38.8 Å². The molecule has 0 aliphatic carbocycles. The monoisotopic (exact) mass is 449 g/mol. The zero-order valence-electron chi connectivity index (χ0n) is 16.1. The summed E-state index contributed by atoms with van der Waals surface area (Å²) in [5, 5.41) is 20.1. The molecule has 158 valence electrons. The molecule has 0 saturated carbocycles. The number of halogens is 2. The van der Waals surface area contributed by atoms with Crippen molar-refractivity contribution in [3.63, 3.8) is 0 Å². The Morgan fingerprint density at radius 1 is 0.967 bits per heavy atom. The van der Waals surface area contributed by atoms with Gasteiger partial charge in [0.2, 0.25) is 0 Å². The Morgan fingerprint density at radius 2 is 1.70 bits per heavy atom. The lowest BCUT2D eigenvalue weighted by atomic mass is 10.2. The third-order valence-corrected chi connectivity index (χ3v) is 5.52. The highest BCUT2D eigenvalue weighted by Gasteiger charge is 2.15. The van der Waals surface area contributed by atoms with Crippen molar-refractivity contribution in [1.29, 1.82) is 0 Å². The molecule has 1 aromatic heterocycles. The Balaban J connectivity index is 1.76. The van der Waals surface area contributed by atoms with Gasteiger partial charge in [-0.15, -0.1) is 0 Å². The molecule has 0 amide bonds. The van der Waals surface area contributed by atoms with E-state index in [1.165, 1.54) is 0 Å². The van der Waals surface area contributed by atoms with Crippen molar-refractivity contribution in [2.75, 3.05) is 0 Å². The van der Waals surface area contributed by atoms with Gasteiger partial charge in [-0.05, 0) is 49.2 Å². The summed E-state index contributed by atoms with van der Waals surface area (Å²) in [6.07, 6.45) is 2.10. The van der Waals surface area contributed by atoms with Crippen molar-refractivity contribution in [3.05, 3.63) is 63.8 Å². The molecule has 0 radical (unpaired) electrons. The third kappa shape index (κ3) is 5.26. The second-order valence-electron chi connectivity index (χ2n) is 6.90. The number of aromatic carboxylic acids is 1. The Hall–Kier alpha value is -2.70. The number of benzene rings is 2. The van der Waals surface area contributed by atoms with Gasteiger partial charge in [0.15, 0.2) is 0 Å². The highest BCUT2D eigenvalue weighted by Crippen LogP contribution is 2.29. The van der Waals surface area contributed by atoms with Crippen molar-refractivity contribution in [2.24, 2.45) is 0 Å². The molecule has 30 heavy (non-hydrogen) atoms. The zero-order chi connectivity index (χ0) is 21.7. The molecule has 3 aromatic rings. The lowest BCUT2D eigenvalue weighted by Gasteiger charge is -2.11. The summed E-state index contributed by atoms with van der Waals surface area (Å²) in [7, 11) is 0. The van der Waals surface area contributed by atoms with Gasteiger partial charge in [-0.25, -0.2) is 4.79 Å². The van der Waals surface area contributed by atoms with Gasteiger partial charge >= 0.3 is 11.9 Å². The maximum Gasteiger partial charge on any atom is 0.352 e. The summed E-state index contributed by atoms with van der Waals surface area (Å²) in [6, 6.07) is 12.2. The maximum absolute atomic E-state index is 11.7. The van der Waals surface area contributed by atoms with E-state index in [1.807, 2.05) is 6.07 Å². The number of nitrogens with zero attached hydrogens (tertiary/aromatic N) is 1. The van der Waals surface area contributed by atoms with Crippen LogP contribution in [0.3, 0.4) is 0 Å². The molecule has 2 N–H and O–H groups in total. The summed E-state index contributed by atoms with van der Waals surface area (Å²) in [4.78, 5) is 22.3. The van der Waals surface area contributed by atoms with E-state index >= 15 is 0 Å². The lowest BCUT2D eigenvalue weighted by molar-refractivity contribution is -0.137. The number of hydrogen-bond donors (Lipinski definition) is 2. The van der Waals surface area contributed by atoms with E-state index in [9.17, 15) is 14.7 Å². The number of unbranched alkanes of at least 4 members (excludes halogenated alkanes) is 2. The van der Waals surface area contributed by atoms with Crippen molar-refractivity contribution in [1.82, 2.24) is 4.57 Å². The first-order valence-electron chi connectivity index (χ1n) is 9.51. The molecule has 0 fully saturated rings. The summed E-state index contributed by atoms with van der Waals surface area (Å²) < 4.78 is 7.57. The predicted octanol–water partition coefficient (Wildman–Crippen LogP) is 5.87.